The normalized spacial score (nSPS) is 18.9. The summed E-state index contributed by atoms with van der Waals surface area (Å²) < 4.78 is 14.1. The number of benzene rings is 2. The smallest absolute Gasteiger partial charge is 0.238 e. The Labute approximate surface area is 168 Å². The van der Waals surface area contributed by atoms with E-state index in [9.17, 15) is 14.0 Å². The van der Waals surface area contributed by atoms with Gasteiger partial charge in [0.05, 0.1) is 5.69 Å². The van der Waals surface area contributed by atoms with Crippen molar-refractivity contribution < 1.29 is 14.0 Å². The number of nitrogens with one attached hydrogen (secondary N) is 1. The third-order valence-corrected chi connectivity index (χ3v) is 5.68. The van der Waals surface area contributed by atoms with E-state index in [-0.39, 0.29) is 24.1 Å². The van der Waals surface area contributed by atoms with Gasteiger partial charge in [0, 0.05) is 22.7 Å². The lowest BCUT2D eigenvalue weighted by Crippen LogP contribution is -2.43. The second kappa shape index (κ2) is 8.17. The zero-order chi connectivity index (χ0) is 18.7. The van der Waals surface area contributed by atoms with Gasteiger partial charge in [-0.2, -0.15) is 0 Å². The summed E-state index contributed by atoms with van der Waals surface area (Å²) in [6.07, 6.45) is 0.0970. The molecule has 0 spiro atoms. The van der Waals surface area contributed by atoms with Gasteiger partial charge in [0.1, 0.15) is 11.1 Å². The SMILES string of the molecule is CN1C(=O)CC(C(=O)Nc2ccc(I)cc2)SC1=Nc1ccc(F)cc1. The maximum Gasteiger partial charge on any atom is 0.238 e. The molecule has 0 saturated carbocycles. The predicted octanol–water partition coefficient (Wildman–Crippen LogP) is 4.02. The molecule has 5 nitrogen and oxygen atoms in total. The fourth-order valence-electron chi connectivity index (χ4n) is 2.28. The fourth-order valence-corrected chi connectivity index (χ4v) is 3.70. The Kier molecular flexibility index (Phi) is 5.92. The molecule has 3 rings (SSSR count). The Morgan fingerprint density at radius 1 is 1.23 bits per heavy atom. The summed E-state index contributed by atoms with van der Waals surface area (Å²) in [6.45, 7) is 0. The molecule has 1 unspecified atom stereocenters. The van der Waals surface area contributed by atoms with Crippen molar-refractivity contribution in [2.24, 2.45) is 4.99 Å². The summed E-state index contributed by atoms with van der Waals surface area (Å²) in [4.78, 5) is 30.6. The fraction of sp³-hybridized carbons (Fsp3) is 0.167. The van der Waals surface area contributed by atoms with Gasteiger partial charge in [0.2, 0.25) is 11.8 Å². The number of carbonyl (C=O) groups excluding carboxylic acids is 2. The van der Waals surface area contributed by atoms with Gasteiger partial charge >= 0.3 is 0 Å². The van der Waals surface area contributed by atoms with Crippen molar-refractivity contribution in [1.29, 1.82) is 0 Å². The average Bonchev–Trinajstić information content (AvgIpc) is 2.62. The molecule has 2 aromatic rings. The van der Waals surface area contributed by atoms with E-state index < -0.39 is 5.25 Å². The number of carbonyl (C=O) groups is 2. The molecular weight excluding hydrogens is 468 g/mol. The minimum atomic E-state index is -0.572. The van der Waals surface area contributed by atoms with E-state index in [0.29, 0.717) is 16.5 Å². The van der Waals surface area contributed by atoms with Crippen LogP contribution in [0.15, 0.2) is 53.5 Å². The summed E-state index contributed by atoms with van der Waals surface area (Å²) in [7, 11) is 1.62. The summed E-state index contributed by atoms with van der Waals surface area (Å²) in [5, 5.41) is 2.67. The van der Waals surface area contributed by atoms with Gasteiger partial charge in [-0.15, -0.1) is 0 Å². The quantitative estimate of drug-likeness (QED) is 0.672. The lowest BCUT2D eigenvalue weighted by Gasteiger charge is -2.28. The molecule has 0 aromatic heterocycles. The molecule has 0 radical (unpaired) electrons. The number of hydrogen-bond acceptors (Lipinski definition) is 4. The minimum Gasteiger partial charge on any atom is -0.325 e. The lowest BCUT2D eigenvalue weighted by atomic mass is 10.2. The molecule has 26 heavy (non-hydrogen) atoms. The topological polar surface area (TPSA) is 61.8 Å². The molecule has 2 aromatic carbocycles. The predicted molar refractivity (Wildman–Crippen MR) is 110 cm³/mol. The zero-order valence-corrected chi connectivity index (χ0v) is 16.8. The highest BCUT2D eigenvalue weighted by Gasteiger charge is 2.34. The maximum absolute atomic E-state index is 13.0. The van der Waals surface area contributed by atoms with E-state index in [2.05, 4.69) is 32.9 Å². The Balaban J connectivity index is 1.76. The van der Waals surface area contributed by atoms with Crippen molar-refractivity contribution in [1.82, 2.24) is 4.90 Å². The number of thioether (sulfide) groups is 1. The summed E-state index contributed by atoms with van der Waals surface area (Å²) in [5.41, 5.74) is 1.20. The van der Waals surface area contributed by atoms with E-state index in [0.717, 1.165) is 3.57 Å². The van der Waals surface area contributed by atoms with Crippen LogP contribution < -0.4 is 5.32 Å². The molecule has 1 heterocycles. The van der Waals surface area contributed by atoms with E-state index >= 15 is 0 Å². The number of hydrogen-bond donors (Lipinski definition) is 1. The van der Waals surface area contributed by atoms with Crippen LogP contribution in [-0.2, 0) is 9.59 Å². The Morgan fingerprint density at radius 3 is 2.54 bits per heavy atom. The van der Waals surface area contributed by atoms with Crippen molar-refractivity contribution in [3.05, 3.63) is 57.9 Å². The Morgan fingerprint density at radius 2 is 1.88 bits per heavy atom. The molecule has 2 amide bonds. The first-order valence-electron chi connectivity index (χ1n) is 7.76. The molecule has 0 bridgehead atoms. The van der Waals surface area contributed by atoms with Crippen molar-refractivity contribution in [2.75, 3.05) is 12.4 Å². The minimum absolute atomic E-state index is 0.0970. The van der Waals surface area contributed by atoms with Crippen LogP contribution in [-0.4, -0.2) is 34.2 Å². The van der Waals surface area contributed by atoms with Gasteiger partial charge in [-0.1, -0.05) is 11.8 Å². The third kappa shape index (κ3) is 4.61. The molecule has 1 atom stereocenters. The van der Waals surface area contributed by atoms with Gasteiger partial charge in [-0.3, -0.25) is 14.5 Å². The van der Waals surface area contributed by atoms with E-state index in [4.69, 9.17) is 0 Å². The van der Waals surface area contributed by atoms with Crippen molar-refractivity contribution >= 4 is 62.7 Å². The van der Waals surface area contributed by atoms with Crippen molar-refractivity contribution in [2.45, 2.75) is 11.7 Å². The first-order chi connectivity index (χ1) is 12.4. The van der Waals surface area contributed by atoms with E-state index in [1.54, 1.807) is 7.05 Å². The number of halogens is 2. The van der Waals surface area contributed by atoms with Crippen LogP contribution >= 0.6 is 34.4 Å². The molecule has 1 saturated heterocycles. The van der Waals surface area contributed by atoms with Crippen LogP contribution in [0.5, 0.6) is 0 Å². The van der Waals surface area contributed by atoms with Crippen molar-refractivity contribution in [3.8, 4) is 0 Å². The Hall–Kier alpha value is -1.94. The lowest BCUT2D eigenvalue weighted by molar-refractivity contribution is -0.128. The third-order valence-electron chi connectivity index (χ3n) is 3.72. The van der Waals surface area contributed by atoms with Gasteiger partial charge in [-0.05, 0) is 71.1 Å². The molecular formula is C18H15FIN3O2S. The maximum atomic E-state index is 13.0. The van der Waals surface area contributed by atoms with Gasteiger partial charge in [-0.25, -0.2) is 9.38 Å². The summed E-state index contributed by atoms with van der Waals surface area (Å²) in [6, 6.07) is 13.1. The summed E-state index contributed by atoms with van der Waals surface area (Å²) in [5.74, 6) is -0.790. The Bertz CT molecular complexity index is 856. The summed E-state index contributed by atoms with van der Waals surface area (Å²) >= 11 is 3.41. The average molecular weight is 483 g/mol. The molecule has 1 aliphatic heterocycles. The van der Waals surface area contributed by atoms with Crippen LogP contribution in [0.2, 0.25) is 0 Å². The molecule has 8 heteroatoms. The van der Waals surface area contributed by atoms with Crippen LogP contribution in [0.1, 0.15) is 6.42 Å². The molecule has 134 valence electrons. The molecule has 1 aliphatic rings. The van der Waals surface area contributed by atoms with Crippen LogP contribution in [0.3, 0.4) is 0 Å². The molecule has 0 aliphatic carbocycles. The highest BCUT2D eigenvalue weighted by atomic mass is 127. The van der Waals surface area contributed by atoms with Crippen LogP contribution in [0, 0.1) is 9.39 Å². The van der Waals surface area contributed by atoms with Gasteiger partial charge in [0.25, 0.3) is 0 Å². The zero-order valence-electron chi connectivity index (χ0n) is 13.8. The first kappa shape index (κ1) is 18.8. The highest BCUT2D eigenvalue weighted by Crippen LogP contribution is 2.29. The molecule has 1 fully saturated rings. The first-order valence-corrected chi connectivity index (χ1v) is 9.72. The monoisotopic (exact) mass is 483 g/mol. The molecule has 1 N–H and O–H groups in total. The standard InChI is InChI=1S/C18H15FIN3O2S/c1-23-16(24)10-15(17(25)21-13-8-4-12(20)5-9-13)26-18(23)22-14-6-2-11(19)3-7-14/h2-9,15H,10H2,1H3,(H,21,25). The van der Waals surface area contributed by atoms with E-state index in [1.165, 1.54) is 40.9 Å². The number of amides is 2. The second-order valence-corrected chi connectivity index (χ2v) is 8.05. The van der Waals surface area contributed by atoms with Gasteiger partial charge < -0.3 is 5.32 Å². The van der Waals surface area contributed by atoms with E-state index in [1.807, 2.05) is 24.3 Å². The number of rotatable bonds is 3. The number of aliphatic imine (C=N–C) groups is 1. The number of nitrogens with zero attached hydrogens (tertiary/aromatic N) is 2. The van der Waals surface area contributed by atoms with Gasteiger partial charge in [0.15, 0.2) is 5.17 Å². The van der Waals surface area contributed by atoms with Crippen molar-refractivity contribution in [3.63, 3.8) is 0 Å². The van der Waals surface area contributed by atoms with Crippen LogP contribution in [0.4, 0.5) is 15.8 Å². The highest BCUT2D eigenvalue weighted by molar-refractivity contribution is 14.1. The number of amidine groups is 1. The second-order valence-electron chi connectivity index (χ2n) is 5.63. The number of anilines is 1. The largest absolute Gasteiger partial charge is 0.325 e. The van der Waals surface area contributed by atoms with Crippen LogP contribution in [0.25, 0.3) is 0 Å².